The van der Waals surface area contributed by atoms with Crippen LogP contribution in [0.2, 0.25) is 0 Å². The molecule has 0 aromatic heterocycles. The number of hydrogen-bond acceptors (Lipinski definition) is 5. The molecule has 0 radical (unpaired) electrons. The molecule has 0 bridgehead atoms. The minimum Gasteiger partial charge on any atom is -0.324 e. The standard InChI is InChI=1S/C20H19N3O5S/c1-13-7-9-17(23(25)26)12-19(13)21-20(24)14(2)22-29(27,28)18-10-8-15-5-3-4-6-16(15)11-18/h3-12,14,22H,1-2H3,(H,21,24)/t14-/m1/s1. The van der Waals surface area contributed by atoms with Crippen molar-refractivity contribution >= 4 is 38.1 Å². The third-order valence-corrected chi connectivity index (χ3v) is 5.98. The van der Waals surface area contributed by atoms with Crippen molar-refractivity contribution in [3.8, 4) is 0 Å². The van der Waals surface area contributed by atoms with Crippen LogP contribution in [0.15, 0.2) is 65.6 Å². The van der Waals surface area contributed by atoms with Gasteiger partial charge in [0.05, 0.1) is 21.5 Å². The van der Waals surface area contributed by atoms with E-state index in [9.17, 15) is 23.3 Å². The van der Waals surface area contributed by atoms with Gasteiger partial charge in [0, 0.05) is 12.1 Å². The second kappa shape index (κ2) is 7.98. The number of benzene rings is 3. The van der Waals surface area contributed by atoms with Gasteiger partial charge >= 0.3 is 0 Å². The smallest absolute Gasteiger partial charge is 0.271 e. The van der Waals surface area contributed by atoms with E-state index in [-0.39, 0.29) is 16.3 Å². The molecular weight excluding hydrogens is 394 g/mol. The summed E-state index contributed by atoms with van der Waals surface area (Å²) in [5.74, 6) is -0.627. The van der Waals surface area contributed by atoms with Crippen molar-refractivity contribution in [2.75, 3.05) is 5.32 Å². The Labute approximate surface area is 167 Å². The molecule has 0 aliphatic carbocycles. The van der Waals surface area contributed by atoms with Crippen molar-refractivity contribution in [2.45, 2.75) is 24.8 Å². The highest BCUT2D eigenvalue weighted by atomic mass is 32.2. The highest BCUT2D eigenvalue weighted by molar-refractivity contribution is 7.89. The molecule has 3 aromatic rings. The van der Waals surface area contributed by atoms with Crippen molar-refractivity contribution < 1.29 is 18.1 Å². The van der Waals surface area contributed by atoms with Gasteiger partial charge in [-0.15, -0.1) is 0 Å². The first-order chi connectivity index (χ1) is 13.7. The molecular formula is C20H19N3O5S. The number of carbonyl (C=O) groups is 1. The molecule has 0 fully saturated rings. The average molecular weight is 413 g/mol. The van der Waals surface area contributed by atoms with E-state index in [1.807, 2.05) is 18.2 Å². The predicted octanol–water partition coefficient (Wildman–Crippen LogP) is 3.36. The molecule has 1 amide bonds. The van der Waals surface area contributed by atoms with Crippen LogP contribution in [0.4, 0.5) is 11.4 Å². The van der Waals surface area contributed by atoms with E-state index in [0.717, 1.165) is 10.8 Å². The normalized spacial score (nSPS) is 12.5. The van der Waals surface area contributed by atoms with Crippen LogP contribution in [-0.4, -0.2) is 25.3 Å². The Morgan fingerprint density at radius 3 is 2.41 bits per heavy atom. The lowest BCUT2D eigenvalue weighted by Crippen LogP contribution is -2.41. The monoisotopic (exact) mass is 413 g/mol. The summed E-state index contributed by atoms with van der Waals surface area (Å²) in [4.78, 5) is 22.9. The van der Waals surface area contributed by atoms with E-state index >= 15 is 0 Å². The summed E-state index contributed by atoms with van der Waals surface area (Å²) >= 11 is 0. The number of rotatable bonds is 6. The number of hydrogen-bond donors (Lipinski definition) is 2. The molecule has 3 aromatic carbocycles. The lowest BCUT2D eigenvalue weighted by Gasteiger charge is -2.16. The molecule has 0 spiro atoms. The Balaban J connectivity index is 1.77. The Morgan fingerprint density at radius 1 is 1.03 bits per heavy atom. The number of sulfonamides is 1. The predicted molar refractivity (Wildman–Crippen MR) is 110 cm³/mol. The van der Waals surface area contributed by atoms with Crippen LogP contribution in [0.3, 0.4) is 0 Å². The molecule has 0 saturated heterocycles. The van der Waals surface area contributed by atoms with Crippen LogP contribution in [0.5, 0.6) is 0 Å². The maximum absolute atomic E-state index is 12.7. The quantitative estimate of drug-likeness (QED) is 0.474. The average Bonchev–Trinajstić information content (AvgIpc) is 2.68. The highest BCUT2D eigenvalue weighted by Gasteiger charge is 2.23. The number of nitrogens with zero attached hydrogens (tertiary/aromatic N) is 1. The molecule has 2 N–H and O–H groups in total. The minimum atomic E-state index is -3.94. The van der Waals surface area contributed by atoms with Gasteiger partial charge in [0.1, 0.15) is 0 Å². The van der Waals surface area contributed by atoms with E-state index in [0.29, 0.717) is 5.56 Å². The molecule has 3 rings (SSSR count). The molecule has 29 heavy (non-hydrogen) atoms. The van der Waals surface area contributed by atoms with Crippen molar-refractivity contribution in [3.63, 3.8) is 0 Å². The summed E-state index contributed by atoms with van der Waals surface area (Å²) in [6.45, 7) is 3.09. The van der Waals surface area contributed by atoms with E-state index in [1.165, 1.54) is 37.3 Å². The van der Waals surface area contributed by atoms with Crippen molar-refractivity contribution in [2.24, 2.45) is 0 Å². The number of amides is 1. The largest absolute Gasteiger partial charge is 0.324 e. The zero-order valence-corrected chi connectivity index (χ0v) is 16.6. The summed E-state index contributed by atoms with van der Waals surface area (Å²) in [6, 6.07) is 15.0. The second-order valence-corrected chi connectivity index (χ2v) is 8.31. The zero-order valence-electron chi connectivity index (χ0n) is 15.7. The van der Waals surface area contributed by atoms with Gasteiger partial charge in [0.25, 0.3) is 5.69 Å². The van der Waals surface area contributed by atoms with Gasteiger partial charge < -0.3 is 5.32 Å². The maximum Gasteiger partial charge on any atom is 0.271 e. The van der Waals surface area contributed by atoms with Crippen LogP contribution < -0.4 is 10.0 Å². The van der Waals surface area contributed by atoms with Crippen LogP contribution in [0.1, 0.15) is 12.5 Å². The summed E-state index contributed by atoms with van der Waals surface area (Å²) < 4.78 is 27.7. The first kappa shape index (κ1) is 20.4. The lowest BCUT2D eigenvalue weighted by atomic mass is 10.1. The van der Waals surface area contributed by atoms with E-state index in [1.54, 1.807) is 19.1 Å². The number of nitro benzene ring substituents is 1. The Kier molecular flexibility index (Phi) is 5.62. The molecule has 0 aliphatic rings. The van der Waals surface area contributed by atoms with E-state index < -0.39 is 26.9 Å². The molecule has 0 heterocycles. The fourth-order valence-electron chi connectivity index (χ4n) is 2.79. The fourth-order valence-corrected chi connectivity index (χ4v) is 4.03. The Morgan fingerprint density at radius 2 is 1.72 bits per heavy atom. The van der Waals surface area contributed by atoms with E-state index in [2.05, 4.69) is 10.0 Å². The van der Waals surface area contributed by atoms with Gasteiger partial charge in [-0.05, 0) is 42.3 Å². The fraction of sp³-hybridized carbons (Fsp3) is 0.150. The van der Waals surface area contributed by atoms with Gasteiger partial charge in [-0.3, -0.25) is 14.9 Å². The SMILES string of the molecule is Cc1ccc([N+](=O)[O-])cc1NC(=O)[C@@H](C)NS(=O)(=O)c1ccc2ccccc2c1. The molecule has 0 unspecified atom stereocenters. The molecule has 1 atom stereocenters. The van der Waals surface area contributed by atoms with Crippen molar-refractivity contribution in [3.05, 3.63) is 76.3 Å². The molecule has 9 heteroatoms. The third-order valence-electron chi connectivity index (χ3n) is 4.45. The molecule has 0 aliphatic heterocycles. The highest BCUT2D eigenvalue weighted by Crippen LogP contribution is 2.22. The number of nitro groups is 1. The molecule has 150 valence electrons. The number of fused-ring (bicyclic) bond motifs is 1. The van der Waals surface area contributed by atoms with Crippen LogP contribution in [0, 0.1) is 17.0 Å². The lowest BCUT2D eigenvalue weighted by molar-refractivity contribution is -0.384. The zero-order chi connectivity index (χ0) is 21.2. The Bertz CT molecular complexity index is 1210. The van der Waals surface area contributed by atoms with Gasteiger partial charge in [0.2, 0.25) is 15.9 Å². The second-order valence-electron chi connectivity index (χ2n) is 6.60. The van der Waals surface area contributed by atoms with Crippen molar-refractivity contribution in [1.29, 1.82) is 0 Å². The maximum atomic E-state index is 12.7. The molecule has 8 nitrogen and oxygen atoms in total. The summed E-state index contributed by atoms with van der Waals surface area (Å²) in [6.07, 6.45) is 0. The van der Waals surface area contributed by atoms with Gasteiger partial charge in [-0.1, -0.05) is 36.4 Å². The van der Waals surface area contributed by atoms with Gasteiger partial charge in [0.15, 0.2) is 0 Å². The van der Waals surface area contributed by atoms with Crippen molar-refractivity contribution in [1.82, 2.24) is 4.72 Å². The first-order valence-electron chi connectivity index (χ1n) is 8.74. The minimum absolute atomic E-state index is 0.0439. The number of nitrogens with one attached hydrogen (secondary N) is 2. The Hall–Kier alpha value is -3.30. The van der Waals surface area contributed by atoms with Gasteiger partial charge in [-0.25, -0.2) is 8.42 Å². The number of anilines is 1. The summed E-state index contributed by atoms with van der Waals surface area (Å²) in [5, 5.41) is 15.1. The summed E-state index contributed by atoms with van der Waals surface area (Å²) in [5.41, 5.74) is 0.699. The number of aryl methyl sites for hydroxylation is 1. The van der Waals surface area contributed by atoms with E-state index in [4.69, 9.17) is 0 Å². The number of carbonyl (C=O) groups excluding carboxylic acids is 1. The third kappa shape index (κ3) is 4.58. The first-order valence-corrected chi connectivity index (χ1v) is 10.2. The van der Waals surface area contributed by atoms with Gasteiger partial charge in [-0.2, -0.15) is 4.72 Å². The van der Waals surface area contributed by atoms with Crippen LogP contribution in [0.25, 0.3) is 10.8 Å². The summed E-state index contributed by atoms with van der Waals surface area (Å²) in [7, 11) is -3.94. The number of non-ortho nitro benzene ring substituents is 1. The topological polar surface area (TPSA) is 118 Å². The van der Waals surface area contributed by atoms with Crippen LogP contribution in [-0.2, 0) is 14.8 Å². The molecule has 0 saturated carbocycles. The van der Waals surface area contributed by atoms with Crippen LogP contribution >= 0.6 is 0 Å².